The molecule has 1 heterocycles. The van der Waals surface area contributed by atoms with Gasteiger partial charge in [-0.25, -0.2) is 0 Å². The van der Waals surface area contributed by atoms with Crippen molar-refractivity contribution in [1.82, 2.24) is 0 Å². The molecule has 1 aliphatic rings. The van der Waals surface area contributed by atoms with E-state index in [4.69, 9.17) is 10.5 Å². The Balaban J connectivity index is 2.92. The summed E-state index contributed by atoms with van der Waals surface area (Å²) in [5.41, 5.74) is 4.72. The van der Waals surface area contributed by atoms with Crippen LogP contribution >= 0.6 is 0 Å². The lowest BCUT2D eigenvalue weighted by Crippen LogP contribution is -2.55. The maximum Gasteiger partial charge on any atom is 0.249 e. The van der Waals surface area contributed by atoms with Crippen LogP contribution < -0.4 is 5.73 Å². The number of hydrogen-bond donors (Lipinski definition) is 1. The molecule has 106 valence electrons. The summed E-state index contributed by atoms with van der Waals surface area (Å²) in [6.45, 7) is 13.0. The molecule has 2 N–H and O–H groups in total. The highest BCUT2D eigenvalue weighted by molar-refractivity contribution is 5.83. The average molecular weight is 255 g/mol. The largest absolute Gasteiger partial charge is 0.367 e. The van der Waals surface area contributed by atoms with Crippen LogP contribution in [0.1, 0.15) is 54.4 Å². The predicted molar refractivity (Wildman–Crippen MR) is 74.0 cm³/mol. The van der Waals surface area contributed by atoms with Crippen LogP contribution in [0.15, 0.2) is 0 Å². The molecule has 0 radical (unpaired) electrons. The minimum Gasteiger partial charge on any atom is -0.367 e. The second-order valence-corrected chi connectivity index (χ2v) is 6.46. The lowest BCUT2D eigenvalue weighted by atomic mass is 9.72. The van der Waals surface area contributed by atoms with E-state index in [0.717, 1.165) is 12.8 Å². The summed E-state index contributed by atoms with van der Waals surface area (Å²) in [7, 11) is 0. The normalized spacial score (nSPS) is 40.2. The highest BCUT2D eigenvalue weighted by atomic mass is 16.5. The first kappa shape index (κ1) is 15.5. The number of carbonyl (C=O) groups excluding carboxylic acids is 1. The molecule has 0 aromatic heterocycles. The highest BCUT2D eigenvalue weighted by Gasteiger charge is 2.46. The van der Waals surface area contributed by atoms with Crippen molar-refractivity contribution in [3.05, 3.63) is 0 Å². The third-order valence-corrected chi connectivity index (χ3v) is 5.10. The minimum atomic E-state index is -0.793. The number of rotatable bonds is 4. The number of amides is 1. The van der Waals surface area contributed by atoms with Crippen LogP contribution in [0.25, 0.3) is 0 Å². The Hall–Kier alpha value is -0.570. The van der Waals surface area contributed by atoms with Gasteiger partial charge in [0.1, 0.15) is 5.60 Å². The molecule has 0 saturated carbocycles. The molecule has 6 atom stereocenters. The maximum absolute atomic E-state index is 11.6. The Morgan fingerprint density at radius 2 is 2.00 bits per heavy atom. The van der Waals surface area contributed by atoms with Gasteiger partial charge in [-0.1, -0.05) is 41.0 Å². The van der Waals surface area contributed by atoms with E-state index in [0.29, 0.717) is 23.7 Å². The molecule has 0 bridgehead atoms. The van der Waals surface area contributed by atoms with E-state index in [1.807, 2.05) is 6.92 Å². The van der Waals surface area contributed by atoms with Crippen molar-refractivity contribution < 1.29 is 9.53 Å². The monoisotopic (exact) mass is 255 g/mol. The van der Waals surface area contributed by atoms with Gasteiger partial charge < -0.3 is 10.5 Å². The topological polar surface area (TPSA) is 52.3 Å². The summed E-state index contributed by atoms with van der Waals surface area (Å²) >= 11 is 0. The zero-order chi connectivity index (χ0) is 14.1. The van der Waals surface area contributed by atoms with Crippen molar-refractivity contribution >= 4 is 5.91 Å². The number of carbonyl (C=O) groups is 1. The van der Waals surface area contributed by atoms with Crippen molar-refractivity contribution in [1.29, 1.82) is 0 Å². The standard InChI is InChI=1S/C15H29NO2/c1-7-9(2)11(4)13-12(5)10(3)8-15(6,18-13)14(16)17/h9-13H,7-8H2,1-6H3,(H2,16,17)/t9-,10?,11-,12?,13?,15?/m1/s1. The van der Waals surface area contributed by atoms with Crippen LogP contribution in [0.5, 0.6) is 0 Å². The first-order chi connectivity index (χ1) is 8.23. The second kappa shape index (κ2) is 5.60. The fourth-order valence-electron chi connectivity index (χ4n) is 3.02. The molecule has 1 saturated heterocycles. The maximum atomic E-state index is 11.6. The Kier molecular flexibility index (Phi) is 4.82. The van der Waals surface area contributed by atoms with Crippen LogP contribution in [0.4, 0.5) is 0 Å². The first-order valence-corrected chi connectivity index (χ1v) is 7.20. The zero-order valence-corrected chi connectivity index (χ0v) is 12.7. The number of hydrogen-bond acceptors (Lipinski definition) is 2. The van der Waals surface area contributed by atoms with Gasteiger partial charge in [-0.3, -0.25) is 4.79 Å². The van der Waals surface area contributed by atoms with E-state index < -0.39 is 5.60 Å². The van der Waals surface area contributed by atoms with Gasteiger partial charge in [0.15, 0.2) is 0 Å². The van der Waals surface area contributed by atoms with Gasteiger partial charge in [-0.2, -0.15) is 0 Å². The van der Waals surface area contributed by atoms with Gasteiger partial charge >= 0.3 is 0 Å². The predicted octanol–water partition coefficient (Wildman–Crippen LogP) is 2.97. The molecule has 0 aromatic carbocycles. The first-order valence-electron chi connectivity index (χ1n) is 7.20. The number of nitrogens with two attached hydrogens (primary N) is 1. The number of ether oxygens (including phenoxy) is 1. The molecule has 1 fully saturated rings. The lowest BCUT2D eigenvalue weighted by Gasteiger charge is -2.47. The molecular weight excluding hydrogens is 226 g/mol. The SMILES string of the molecule is CC[C@@H](C)[C@@H](C)C1OC(C)(C(N)=O)CC(C)C1C. The molecule has 4 unspecified atom stereocenters. The molecule has 3 nitrogen and oxygen atoms in total. The van der Waals surface area contributed by atoms with Crippen LogP contribution in [-0.2, 0) is 9.53 Å². The van der Waals surface area contributed by atoms with Crippen molar-refractivity contribution in [2.75, 3.05) is 0 Å². The summed E-state index contributed by atoms with van der Waals surface area (Å²) in [6, 6.07) is 0. The second-order valence-electron chi connectivity index (χ2n) is 6.46. The van der Waals surface area contributed by atoms with Gasteiger partial charge in [-0.15, -0.1) is 0 Å². The van der Waals surface area contributed by atoms with Crippen LogP contribution in [0.2, 0.25) is 0 Å². The fraction of sp³-hybridized carbons (Fsp3) is 0.933. The third kappa shape index (κ3) is 2.87. The Morgan fingerprint density at radius 1 is 1.44 bits per heavy atom. The number of primary amides is 1. The summed E-state index contributed by atoms with van der Waals surface area (Å²) in [4.78, 5) is 11.6. The quantitative estimate of drug-likeness (QED) is 0.839. The summed E-state index contributed by atoms with van der Waals surface area (Å²) in [6.07, 6.45) is 1.99. The van der Waals surface area contributed by atoms with Crippen molar-refractivity contribution in [2.45, 2.75) is 66.1 Å². The van der Waals surface area contributed by atoms with Gasteiger partial charge in [-0.05, 0) is 37.0 Å². The Morgan fingerprint density at radius 3 is 2.44 bits per heavy atom. The average Bonchev–Trinajstić information content (AvgIpc) is 2.31. The van der Waals surface area contributed by atoms with Crippen LogP contribution in [-0.4, -0.2) is 17.6 Å². The van der Waals surface area contributed by atoms with Crippen molar-refractivity contribution in [2.24, 2.45) is 29.4 Å². The minimum absolute atomic E-state index is 0.126. The highest BCUT2D eigenvalue weighted by Crippen LogP contribution is 2.41. The lowest BCUT2D eigenvalue weighted by molar-refractivity contribution is -0.189. The van der Waals surface area contributed by atoms with Gasteiger partial charge in [0.05, 0.1) is 6.10 Å². The molecule has 0 aromatic rings. The fourth-order valence-corrected chi connectivity index (χ4v) is 3.02. The van der Waals surface area contributed by atoms with Crippen LogP contribution in [0, 0.1) is 23.7 Å². The summed E-state index contributed by atoms with van der Waals surface area (Å²) < 4.78 is 6.13. The Labute approximate surface area is 111 Å². The third-order valence-electron chi connectivity index (χ3n) is 5.10. The molecular formula is C15H29NO2. The summed E-state index contributed by atoms with van der Waals surface area (Å²) in [5.74, 6) is 1.66. The molecule has 1 aliphatic heterocycles. The van der Waals surface area contributed by atoms with E-state index in [1.54, 1.807) is 0 Å². The van der Waals surface area contributed by atoms with Crippen molar-refractivity contribution in [3.63, 3.8) is 0 Å². The van der Waals surface area contributed by atoms with Gasteiger partial charge in [0.25, 0.3) is 0 Å². The zero-order valence-electron chi connectivity index (χ0n) is 12.7. The van der Waals surface area contributed by atoms with E-state index in [9.17, 15) is 4.79 Å². The molecule has 3 heteroatoms. The van der Waals surface area contributed by atoms with Crippen molar-refractivity contribution in [3.8, 4) is 0 Å². The van der Waals surface area contributed by atoms with E-state index in [-0.39, 0.29) is 12.0 Å². The molecule has 1 rings (SSSR count). The Bertz CT molecular complexity index is 305. The van der Waals surface area contributed by atoms with E-state index in [1.165, 1.54) is 0 Å². The van der Waals surface area contributed by atoms with E-state index in [2.05, 4.69) is 34.6 Å². The molecule has 0 spiro atoms. The molecule has 0 aliphatic carbocycles. The molecule has 1 amide bonds. The van der Waals surface area contributed by atoms with Gasteiger partial charge in [0, 0.05) is 0 Å². The smallest absolute Gasteiger partial charge is 0.249 e. The molecule has 18 heavy (non-hydrogen) atoms. The summed E-state index contributed by atoms with van der Waals surface area (Å²) in [5, 5.41) is 0. The van der Waals surface area contributed by atoms with Gasteiger partial charge in [0.2, 0.25) is 5.91 Å². The van der Waals surface area contributed by atoms with E-state index >= 15 is 0 Å². The van der Waals surface area contributed by atoms with Crippen LogP contribution in [0.3, 0.4) is 0 Å².